The number of thioether (sulfide) groups is 1. The van der Waals surface area contributed by atoms with Gasteiger partial charge in [0, 0.05) is 5.25 Å². The van der Waals surface area contributed by atoms with Crippen molar-refractivity contribution in [1.82, 2.24) is 0 Å². The van der Waals surface area contributed by atoms with Crippen LogP contribution in [0.3, 0.4) is 0 Å². The Morgan fingerprint density at radius 2 is 2.23 bits per heavy atom. The Balaban J connectivity index is 2.24. The highest BCUT2D eigenvalue weighted by Gasteiger charge is 2.22. The number of esters is 1. The van der Waals surface area contributed by atoms with Crippen LogP contribution in [0.4, 0.5) is 0 Å². The van der Waals surface area contributed by atoms with Crippen LogP contribution < -0.4 is 0 Å². The van der Waals surface area contributed by atoms with Crippen LogP contribution in [-0.2, 0) is 9.53 Å². The van der Waals surface area contributed by atoms with Gasteiger partial charge < -0.3 is 4.74 Å². The summed E-state index contributed by atoms with van der Waals surface area (Å²) in [6.45, 7) is 5.73. The summed E-state index contributed by atoms with van der Waals surface area (Å²) in [5.41, 5.74) is -0.333. The first kappa shape index (κ1) is 10.9. The predicted octanol–water partition coefficient (Wildman–Crippen LogP) is 2.61. The van der Waals surface area contributed by atoms with Crippen molar-refractivity contribution >= 4 is 17.7 Å². The van der Waals surface area contributed by atoms with Gasteiger partial charge in [0.05, 0.1) is 6.42 Å². The van der Waals surface area contributed by atoms with E-state index in [9.17, 15) is 4.79 Å². The Kier molecular flexibility index (Phi) is 3.65. The van der Waals surface area contributed by atoms with Gasteiger partial charge in [-0.3, -0.25) is 4.79 Å². The summed E-state index contributed by atoms with van der Waals surface area (Å²) >= 11 is 1.90. The molecule has 1 aliphatic rings. The van der Waals surface area contributed by atoms with E-state index in [4.69, 9.17) is 4.74 Å². The van der Waals surface area contributed by atoms with Crippen molar-refractivity contribution in [2.45, 2.75) is 50.9 Å². The third kappa shape index (κ3) is 4.55. The zero-order valence-corrected chi connectivity index (χ0v) is 9.45. The van der Waals surface area contributed by atoms with Crippen LogP contribution in [0.2, 0.25) is 0 Å². The number of carbonyl (C=O) groups excluding carboxylic acids is 1. The van der Waals surface area contributed by atoms with Crippen LogP contribution in [0, 0.1) is 0 Å². The summed E-state index contributed by atoms with van der Waals surface area (Å²) in [4.78, 5) is 11.4. The average Bonchev–Trinajstić information content (AvgIpc) is 2.34. The van der Waals surface area contributed by atoms with Crippen molar-refractivity contribution in [3.63, 3.8) is 0 Å². The second-order valence-electron chi connectivity index (χ2n) is 4.43. The fraction of sp³-hybridized carbons (Fsp3) is 0.900. The molecule has 3 heteroatoms. The lowest BCUT2D eigenvalue weighted by atomic mass is 10.1. The highest BCUT2D eigenvalue weighted by molar-refractivity contribution is 8.00. The summed E-state index contributed by atoms with van der Waals surface area (Å²) < 4.78 is 5.25. The van der Waals surface area contributed by atoms with Gasteiger partial charge in [-0.15, -0.1) is 0 Å². The molecule has 1 atom stereocenters. The average molecular weight is 202 g/mol. The zero-order chi connectivity index (χ0) is 9.90. The summed E-state index contributed by atoms with van der Waals surface area (Å²) in [6.07, 6.45) is 3.00. The Bertz CT molecular complexity index is 178. The molecular weight excluding hydrogens is 184 g/mol. The monoisotopic (exact) mass is 202 g/mol. The molecule has 1 saturated heterocycles. The van der Waals surface area contributed by atoms with Gasteiger partial charge in [-0.05, 0) is 39.4 Å². The standard InChI is InChI=1S/C10H18O2S/c1-10(2,3)12-9(11)7-8-5-4-6-13-8/h8H,4-7H2,1-3H3. The highest BCUT2D eigenvalue weighted by atomic mass is 32.2. The molecule has 13 heavy (non-hydrogen) atoms. The van der Waals surface area contributed by atoms with Crippen LogP contribution in [0.5, 0.6) is 0 Å². The van der Waals surface area contributed by atoms with E-state index in [1.54, 1.807) is 0 Å². The number of ether oxygens (including phenoxy) is 1. The molecule has 0 aliphatic carbocycles. The first-order chi connectivity index (χ1) is 5.97. The van der Waals surface area contributed by atoms with E-state index in [1.165, 1.54) is 18.6 Å². The molecule has 0 bridgehead atoms. The number of hydrogen-bond donors (Lipinski definition) is 0. The van der Waals surface area contributed by atoms with Crippen LogP contribution in [0.1, 0.15) is 40.0 Å². The summed E-state index contributed by atoms with van der Waals surface area (Å²) in [7, 11) is 0. The van der Waals surface area contributed by atoms with Crippen LogP contribution in [0.15, 0.2) is 0 Å². The molecule has 1 fully saturated rings. The molecule has 0 saturated carbocycles. The van der Waals surface area contributed by atoms with Gasteiger partial charge in [0.25, 0.3) is 0 Å². The fourth-order valence-corrected chi connectivity index (χ4v) is 2.63. The Morgan fingerprint density at radius 1 is 1.54 bits per heavy atom. The molecule has 1 aliphatic heterocycles. The van der Waals surface area contributed by atoms with Gasteiger partial charge >= 0.3 is 5.97 Å². The molecule has 2 nitrogen and oxygen atoms in total. The minimum absolute atomic E-state index is 0.0492. The predicted molar refractivity (Wildman–Crippen MR) is 55.9 cm³/mol. The van der Waals surface area contributed by atoms with Crippen molar-refractivity contribution in [1.29, 1.82) is 0 Å². The van der Waals surface area contributed by atoms with Crippen molar-refractivity contribution in [3.05, 3.63) is 0 Å². The molecule has 0 spiro atoms. The largest absolute Gasteiger partial charge is 0.460 e. The number of rotatable bonds is 2. The van der Waals surface area contributed by atoms with E-state index >= 15 is 0 Å². The lowest BCUT2D eigenvalue weighted by Gasteiger charge is -2.20. The number of hydrogen-bond acceptors (Lipinski definition) is 3. The van der Waals surface area contributed by atoms with Gasteiger partial charge in [-0.1, -0.05) is 0 Å². The molecule has 1 heterocycles. The van der Waals surface area contributed by atoms with Gasteiger partial charge in [-0.2, -0.15) is 11.8 Å². The molecule has 76 valence electrons. The van der Waals surface area contributed by atoms with Crippen LogP contribution in [-0.4, -0.2) is 22.6 Å². The van der Waals surface area contributed by atoms with Crippen molar-refractivity contribution in [2.75, 3.05) is 5.75 Å². The van der Waals surface area contributed by atoms with E-state index in [-0.39, 0.29) is 11.6 Å². The lowest BCUT2D eigenvalue weighted by molar-refractivity contribution is -0.154. The molecule has 1 unspecified atom stereocenters. The van der Waals surface area contributed by atoms with E-state index in [0.717, 1.165) is 0 Å². The lowest BCUT2D eigenvalue weighted by Crippen LogP contribution is -2.25. The molecule has 0 aromatic carbocycles. The smallest absolute Gasteiger partial charge is 0.307 e. The van der Waals surface area contributed by atoms with Crippen LogP contribution >= 0.6 is 11.8 Å². The molecule has 0 amide bonds. The van der Waals surface area contributed by atoms with Crippen LogP contribution in [0.25, 0.3) is 0 Å². The van der Waals surface area contributed by atoms with E-state index in [0.29, 0.717) is 11.7 Å². The second-order valence-corrected chi connectivity index (χ2v) is 5.83. The van der Waals surface area contributed by atoms with E-state index < -0.39 is 0 Å². The molecule has 0 aromatic rings. The van der Waals surface area contributed by atoms with Crippen molar-refractivity contribution in [2.24, 2.45) is 0 Å². The van der Waals surface area contributed by atoms with Crippen molar-refractivity contribution < 1.29 is 9.53 Å². The summed E-state index contributed by atoms with van der Waals surface area (Å²) in [5, 5.41) is 0.509. The Morgan fingerprint density at radius 3 is 2.69 bits per heavy atom. The third-order valence-corrected chi connectivity index (χ3v) is 3.24. The normalized spacial score (nSPS) is 23.2. The first-order valence-corrected chi connectivity index (χ1v) is 5.86. The van der Waals surface area contributed by atoms with E-state index in [2.05, 4.69) is 0 Å². The van der Waals surface area contributed by atoms with Gasteiger partial charge in [-0.25, -0.2) is 0 Å². The SMILES string of the molecule is CC(C)(C)OC(=O)CC1CCCS1. The quantitative estimate of drug-likeness (QED) is 0.644. The zero-order valence-electron chi connectivity index (χ0n) is 8.63. The first-order valence-electron chi connectivity index (χ1n) is 4.81. The highest BCUT2D eigenvalue weighted by Crippen LogP contribution is 2.29. The van der Waals surface area contributed by atoms with Gasteiger partial charge in [0.1, 0.15) is 5.60 Å². The second kappa shape index (κ2) is 4.36. The maximum Gasteiger partial charge on any atom is 0.307 e. The van der Waals surface area contributed by atoms with Gasteiger partial charge in [0.15, 0.2) is 0 Å². The molecule has 0 aromatic heterocycles. The topological polar surface area (TPSA) is 26.3 Å². The minimum Gasteiger partial charge on any atom is -0.460 e. The maximum atomic E-state index is 11.4. The molecule has 1 rings (SSSR count). The summed E-state index contributed by atoms with van der Waals surface area (Å²) in [6, 6.07) is 0. The maximum absolute atomic E-state index is 11.4. The van der Waals surface area contributed by atoms with Gasteiger partial charge in [0.2, 0.25) is 0 Å². The number of carbonyl (C=O) groups is 1. The molecule has 0 N–H and O–H groups in total. The minimum atomic E-state index is -0.333. The fourth-order valence-electron chi connectivity index (χ4n) is 1.37. The van der Waals surface area contributed by atoms with Crippen molar-refractivity contribution in [3.8, 4) is 0 Å². The third-order valence-electron chi connectivity index (χ3n) is 1.84. The molecule has 0 radical (unpaired) electrons. The molecular formula is C10H18O2S. The summed E-state index contributed by atoms with van der Waals surface area (Å²) in [5.74, 6) is 1.15. The Hall–Kier alpha value is -0.180. The Labute approximate surface area is 84.4 Å². The van der Waals surface area contributed by atoms with E-state index in [1.807, 2.05) is 32.5 Å².